The molecule has 0 saturated heterocycles. The number of hydrogen-bond donors (Lipinski definition) is 0. The summed E-state index contributed by atoms with van der Waals surface area (Å²) >= 11 is 6.74. The third-order valence-corrected chi connectivity index (χ3v) is 5.65. The minimum absolute atomic E-state index is 0.154. The van der Waals surface area contributed by atoms with Crippen molar-refractivity contribution in [1.82, 2.24) is 0 Å². The van der Waals surface area contributed by atoms with Crippen LogP contribution in [-0.2, 0) is 10.0 Å². The van der Waals surface area contributed by atoms with Gasteiger partial charge in [-0.15, -0.1) is 11.6 Å². The number of anilines is 1. The van der Waals surface area contributed by atoms with Crippen LogP contribution >= 0.6 is 23.5 Å². The van der Waals surface area contributed by atoms with E-state index in [2.05, 4.69) is 0 Å². The predicted octanol–water partition coefficient (Wildman–Crippen LogP) is 3.73. The Morgan fingerprint density at radius 3 is 2.00 bits per heavy atom. The van der Waals surface area contributed by atoms with Gasteiger partial charge in [0, 0.05) is 0 Å². The molecule has 0 spiro atoms. The molecule has 2 rings (SSSR count). The highest BCUT2D eigenvalue weighted by Crippen LogP contribution is 2.30. The number of nitrogens with zero attached hydrogens (tertiary/aromatic N) is 1. The molecule has 0 atom stereocenters. The van der Waals surface area contributed by atoms with Gasteiger partial charge in [-0.1, -0.05) is 36.4 Å². The number of halogens is 1. The van der Waals surface area contributed by atoms with Crippen molar-refractivity contribution in [2.45, 2.75) is 4.90 Å². The standard InChI is InChI=1S/C13H12ClNO2S2/c14-11-18-15(12-7-3-1-4-8-12)19(16,17)13-9-5-2-6-10-13/h1-10H,11H2. The number of sulfonamides is 1. The summed E-state index contributed by atoms with van der Waals surface area (Å²) in [6, 6.07) is 17.2. The Balaban J connectivity index is 2.45. The smallest absolute Gasteiger partial charge is 0.207 e. The molecule has 2 aromatic carbocycles. The van der Waals surface area contributed by atoms with Crippen LogP contribution < -0.4 is 3.71 Å². The van der Waals surface area contributed by atoms with E-state index in [1.165, 1.54) is 3.71 Å². The molecule has 0 aliphatic rings. The number of hydrogen-bond acceptors (Lipinski definition) is 3. The number of rotatable bonds is 5. The Morgan fingerprint density at radius 1 is 0.947 bits per heavy atom. The van der Waals surface area contributed by atoms with Crippen LogP contribution in [0.5, 0.6) is 0 Å². The molecule has 0 heterocycles. The molecule has 0 fully saturated rings. The van der Waals surface area contributed by atoms with Gasteiger partial charge >= 0.3 is 0 Å². The second kappa shape index (κ2) is 6.32. The Kier molecular flexibility index (Phi) is 4.74. The molecule has 0 N–H and O–H groups in total. The van der Waals surface area contributed by atoms with Gasteiger partial charge in [0.05, 0.1) is 15.8 Å². The fraction of sp³-hybridized carbons (Fsp3) is 0.0769. The lowest BCUT2D eigenvalue weighted by molar-refractivity contribution is 0.598. The summed E-state index contributed by atoms with van der Waals surface area (Å²) in [5.74, 6) is 0. The lowest BCUT2D eigenvalue weighted by atomic mass is 10.3. The van der Waals surface area contributed by atoms with E-state index in [9.17, 15) is 8.42 Å². The maximum atomic E-state index is 12.6. The van der Waals surface area contributed by atoms with E-state index in [1.807, 2.05) is 6.07 Å². The molecule has 19 heavy (non-hydrogen) atoms. The quantitative estimate of drug-likeness (QED) is 0.623. The summed E-state index contributed by atoms with van der Waals surface area (Å²) in [6.45, 7) is 0. The normalized spacial score (nSPS) is 11.2. The molecule has 2 aromatic rings. The summed E-state index contributed by atoms with van der Waals surface area (Å²) in [4.78, 5) is 0.247. The molecule has 0 bridgehead atoms. The van der Waals surface area contributed by atoms with Crippen molar-refractivity contribution in [2.24, 2.45) is 0 Å². The average Bonchev–Trinajstić information content (AvgIpc) is 2.46. The van der Waals surface area contributed by atoms with Gasteiger partial charge < -0.3 is 0 Å². The van der Waals surface area contributed by atoms with Crippen LogP contribution in [-0.4, -0.2) is 13.6 Å². The van der Waals surface area contributed by atoms with Crippen LogP contribution in [0.15, 0.2) is 65.6 Å². The zero-order valence-electron chi connectivity index (χ0n) is 9.94. The van der Waals surface area contributed by atoms with E-state index in [1.54, 1.807) is 54.6 Å². The molecular formula is C13H12ClNO2S2. The van der Waals surface area contributed by atoms with Gasteiger partial charge in [0.2, 0.25) is 0 Å². The maximum absolute atomic E-state index is 12.6. The second-order valence-corrected chi connectivity index (χ2v) is 7.13. The molecule has 0 radical (unpaired) electrons. The third kappa shape index (κ3) is 3.23. The van der Waals surface area contributed by atoms with Crippen molar-refractivity contribution in [2.75, 3.05) is 8.92 Å². The van der Waals surface area contributed by atoms with Crippen molar-refractivity contribution in [3.8, 4) is 0 Å². The summed E-state index contributed by atoms with van der Waals surface area (Å²) in [7, 11) is -3.60. The molecule has 0 amide bonds. The molecule has 0 saturated carbocycles. The van der Waals surface area contributed by atoms with E-state index < -0.39 is 10.0 Å². The van der Waals surface area contributed by atoms with E-state index in [-0.39, 0.29) is 10.1 Å². The zero-order chi connectivity index (χ0) is 13.7. The summed E-state index contributed by atoms with van der Waals surface area (Å²) in [6.07, 6.45) is 0. The van der Waals surface area contributed by atoms with Crippen molar-refractivity contribution >= 4 is 39.3 Å². The summed E-state index contributed by atoms with van der Waals surface area (Å²) in [5, 5.41) is 0.154. The van der Waals surface area contributed by atoms with Crippen LogP contribution in [0.2, 0.25) is 0 Å². The van der Waals surface area contributed by atoms with Crippen molar-refractivity contribution in [3.05, 3.63) is 60.7 Å². The number of para-hydroxylation sites is 1. The molecule has 100 valence electrons. The SMILES string of the molecule is O=S(=O)(c1ccccc1)N(SCCl)c1ccccc1. The summed E-state index contributed by atoms with van der Waals surface area (Å²) < 4.78 is 26.4. The first-order chi connectivity index (χ1) is 9.16. The summed E-state index contributed by atoms with van der Waals surface area (Å²) in [5.41, 5.74) is 0.581. The topological polar surface area (TPSA) is 37.4 Å². The number of alkyl halides is 1. The highest BCUT2D eigenvalue weighted by atomic mass is 35.5. The molecule has 0 aliphatic carbocycles. The van der Waals surface area contributed by atoms with E-state index in [0.29, 0.717) is 5.69 Å². The minimum Gasteiger partial charge on any atom is -0.207 e. The fourth-order valence-corrected chi connectivity index (χ4v) is 4.45. The van der Waals surface area contributed by atoms with Gasteiger partial charge in [-0.05, 0) is 36.2 Å². The first-order valence-electron chi connectivity index (χ1n) is 5.50. The highest BCUT2D eigenvalue weighted by molar-refractivity contribution is 8.15. The van der Waals surface area contributed by atoms with Crippen LogP contribution in [0.25, 0.3) is 0 Å². The van der Waals surface area contributed by atoms with Gasteiger partial charge in [0.25, 0.3) is 10.0 Å². The maximum Gasteiger partial charge on any atom is 0.273 e. The lowest BCUT2D eigenvalue weighted by Crippen LogP contribution is -2.24. The second-order valence-electron chi connectivity index (χ2n) is 3.62. The van der Waals surface area contributed by atoms with Crippen molar-refractivity contribution in [3.63, 3.8) is 0 Å². The lowest BCUT2D eigenvalue weighted by Gasteiger charge is -2.21. The van der Waals surface area contributed by atoms with Gasteiger partial charge in [0.1, 0.15) is 0 Å². The Labute approximate surface area is 122 Å². The van der Waals surface area contributed by atoms with Gasteiger partial charge in [-0.25, -0.2) is 12.1 Å². The van der Waals surface area contributed by atoms with Crippen LogP contribution in [0.1, 0.15) is 0 Å². The molecule has 0 unspecified atom stereocenters. The molecule has 0 aromatic heterocycles. The van der Waals surface area contributed by atoms with Gasteiger partial charge in [-0.3, -0.25) is 0 Å². The largest absolute Gasteiger partial charge is 0.273 e. The van der Waals surface area contributed by atoms with E-state index >= 15 is 0 Å². The molecule has 6 heteroatoms. The van der Waals surface area contributed by atoms with E-state index in [4.69, 9.17) is 11.6 Å². The molecule has 3 nitrogen and oxygen atoms in total. The third-order valence-electron chi connectivity index (χ3n) is 2.39. The van der Waals surface area contributed by atoms with Crippen molar-refractivity contribution < 1.29 is 8.42 Å². The first kappa shape index (κ1) is 14.2. The monoisotopic (exact) mass is 313 g/mol. The van der Waals surface area contributed by atoms with Gasteiger partial charge in [0.15, 0.2) is 0 Å². The fourth-order valence-electron chi connectivity index (χ4n) is 1.56. The Morgan fingerprint density at radius 2 is 1.47 bits per heavy atom. The van der Waals surface area contributed by atoms with Crippen LogP contribution in [0, 0.1) is 0 Å². The highest BCUT2D eigenvalue weighted by Gasteiger charge is 2.25. The predicted molar refractivity (Wildman–Crippen MR) is 80.9 cm³/mol. The Hall–Kier alpha value is -1.17. The first-order valence-corrected chi connectivity index (χ1v) is 8.42. The van der Waals surface area contributed by atoms with Crippen LogP contribution in [0.3, 0.4) is 0 Å². The van der Waals surface area contributed by atoms with E-state index in [0.717, 1.165) is 11.9 Å². The number of benzene rings is 2. The molecular weight excluding hydrogens is 302 g/mol. The van der Waals surface area contributed by atoms with Crippen LogP contribution in [0.4, 0.5) is 5.69 Å². The van der Waals surface area contributed by atoms with Gasteiger partial charge in [-0.2, -0.15) is 0 Å². The molecule has 0 aliphatic heterocycles. The zero-order valence-corrected chi connectivity index (χ0v) is 12.3. The van der Waals surface area contributed by atoms with Crippen molar-refractivity contribution in [1.29, 1.82) is 0 Å². The Bertz CT molecular complexity index is 618. The minimum atomic E-state index is -3.60. The average molecular weight is 314 g/mol.